The zero-order valence-electron chi connectivity index (χ0n) is 18.7. The SMILES string of the molecule is COc1ccc(F)c(-c2onc(CCc3cccc(C(CC(=O)O)C4CC4)c3)c2C2CC2)c1. The quantitative estimate of drug-likeness (QED) is 0.404. The molecule has 2 aliphatic rings. The van der Waals surface area contributed by atoms with E-state index in [1.54, 1.807) is 19.2 Å². The summed E-state index contributed by atoms with van der Waals surface area (Å²) < 4.78 is 25.6. The number of hydrogen-bond donors (Lipinski definition) is 1. The third kappa shape index (κ3) is 4.80. The lowest BCUT2D eigenvalue weighted by Gasteiger charge is -2.15. The summed E-state index contributed by atoms with van der Waals surface area (Å²) in [6, 6.07) is 12.9. The Balaban J connectivity index is 1.37. The standard InChI is InChI=1S/C27H28FNO4/c1-32-20-10-11-23(28)22(14-20)27-26(18-8-9-18)24(29-33-27)12-5-16-3-2-4-19(13-16)21(15-25(30)31)17-6-7-17/h2-4,10-11,13-14,17-18,21H,5-9,12,15H2,1H3,(H,30,31). The molecule has 5 nitrogen and oxygen atoms in total. The molecule has 33 heavy (non-hydrogen) atoms. The average Bonchev–Trinajstić information content (AvgIpc) is 3.75. The molecule has 172 valence electrons. The number of nitrogens with zero attached hydrogens (tertiary/aromatic N) is 1. The lowest BCUT2D eigenvalue weighted by molar-refractivity contribution is -0.137. The van der Waals surface area contributed by atoms with Crippen molar-refractivity contribution in [3.05, 3.63) is 70.7 Å². The lowest BCUT2D eigenvalue weighted by Crippen LogP contribution is -2.09. The van der Waals surface area contributed by atoms with Gasteiger partial charge in [0.2, 0.25) is 0 Å². The van der Waals surface area contributed by atoms with Gasteiger partial charge < -0.3 is 14.4 Å². The number of aromatic nitrogens is 1. The number of carboxylic acid groups (broad SMARTS) is 1. The molecule has 6 heteroatoms. The molecule has 3 aromatic rings. The van der Waals surface area contributed by atoms with E-state index in [2.05, 4.69) is 17.3 Å². The smallest absolute Gasteiger partial charge is 0.303 e. The van der Waals surface area contributed by atoms with Crippen LogP contribution < -0.4 is 4.74 Å². The van der Waals surface area contributed by atoms with Gasteiger partial charge in [-0.15, -0.1) is 0 Å². The molecule has 5 rings (SSSR count). The number of methoxy groups -OCH3 is 1. The molecule has 1 unspecified atom stereocenters. The van der Waals surface area contributed by atoms with Crippen molar-refractivity contribution in [1.29, 1.82) is 0 Å². The predicted molar refractivity (Wildman–Crippen MR) is 122 cm³/mol. The highest BCUT2D eigenvalue weighted by Gasteiger charge is 2.35. The van der Waals surface area contributed by atoms with Gasteiger partial charge in [0.1, 0.15) is 11.6 Å². The molecule has 1 N–H and O–H groups in total. The maximum atomic E-state index is 14.6. The van der Waals surface area contributed by atoms with Gasteiger partial charge in [-0.05, 0) is 85.6 Å². The predicted octanol–water partition coefficient (Wildman–Crippen LogP) is 6.12. The molecule has 0 saturated heterocycles. The van der Waals surface area contributed by atoms with Crippen LogP contribution in [0.5, 0.6) is 5.75 Å². The minimum Gasteiger partial charge on any atom is -0.497 e. The summed E-state index contributed by atoms with van der Waals surface area (Å²) in [5.74, 6) is 0.909. The molecule has 1 heterocycles. The van der Waals surface area contributed by atoms with E-state index in [1.807, 2.05) is 12.1 Å². The van der Waals surface area contributed by atoms with Gasteiger partial charge in [-0.25, -0.2) is 4.39 Å². The van der Waals surface area contributed by atoms with E-state index in [4.69, 9.17) is 9.26 Å². The molecule has 0 spiro atoms. The second-order valence-corrected chi connectivity index (χ2v) is 9.28. The normalized spacial score (nSPS) is 16.5. The van der Waals surface area contributed by atoms with Gasteiger partial charge in [0.25, 0.3) is 0 Å². The van der Waals surface area contributed by atoms with Crippen molar-refractivity contribution in [1.82, 2.24) is 5.16 Å². The number of carboxylic acids is 1. The van der Waals surface area contributed by atoms with Gasteiger partial charge in [0.05, 0.1) is 24.8 Å². The molecule has 0 amide bonds. The minimum absolute atomic E-state index is 0.0826. The number of rotatable bonds is 10. The van der Waals surface area contributed by atoms with E-state index in [-0.39, 0.29) is 18.2 Å². The van der Waals surface area contributed by atoms with E-state index >= 15 is 0 Å². The summed E-state index contributed by atoms with van der Waals surface area (Å²) in [6.45, 7) is 0. The fourth-order valence-corrected chi connectivity index (χ4v) is 4.79. The zero-order chi connectivity index (χ0) is 22.9. The van der Waals surface area contributed by atoms with Crippen LogP contribution in [0.3, 0.4) is 0 Å². The van der Waals surface area contributed by atoms with E-state index in [9.17, 15) is 14.3 Å². The first-order chi connectivity index (χ1) is 16.0. The Hall–Kier alpha value is -3.15. The van der Waals surface area contributed by atoms with E-state index in [0.29, 0.717) is 35.3 Å². The molecule has 0 bridgehead atoms. The first-order valence-corrected chi connectivity index (χ1v) is 11.7. The van der Waals surface area contributed by atoms with Crippen molar-refractivity contribution >= 4 is 5.97 Å². The molecular weight excluding hydrogens is 421 g/mol. The highest BCUT2D eigenvalue weighted by molar-refractivity contribution is 5.68. The van der Waals surface area contributed by atoms with Crippen molar-refractivity contribution in [2.24, 2.45) is 5.92 Å². The maximum Gasteiger partial charge on any atom is 0.303 e. The van der Waals surface area contributed by atoms with Crippen LogP contribution in [0.1, 0.15) is 66.3 Å². The van der Waals surface area contributed by atoms with Gasteiger partial charge >= 0.3 is 5.97 Å². The third-order valence-corrected chi connectivity index (χ3v) is 6.82. The summed E-state index contributed by atoms with van der Waals surface area (Å²) in [5.41, 5.74) is 4.55. The van der Waals surface area contributed by atoms with Gasteiger partial charge in [-0.2, -0.15) is 0 Å². The van der Waals surface area contributed by atoms with Gasteiger partial charge in [-0.3, -0.25) is 4.79 Å². The molecule has 1 atom stereocenters. The molecule has 2 saturated carbocycles. The maximum absolute atomic E-state index is 14.6. The largest absolute Gasteiger partial charge is 0.497 e. The molecule has 2 aliphatic carbocycles. The lowest BCUT2D eigenvalue weighted by atomic mass is 9.89. The topological polar surface area (TPSA) is 72.6 Å². The Morgan fingerprint density at radius 2 is 2.00 bits per heavy atom. The van der Waals surface area contributed by atoms with Crippen molar-refractivity contribution in [2.75, 3.05) is 7.11 Å². The average molecular weight is 450 g/mol. The Kier molecular flexibility index (Phi) is 5.92. The Labute approximate surface area is 192 Å². The number of ether oxygens (including phenoxy) is 1. The van der Waals surface area contributed by atoms with E-state index in [0.717, 1.165) is 54.5 Å². The summed E-state index contributed by atoms with van der Waals surface area (Å²) in [4.78, 5) is 11.3. The Morgan fingerprint density at radius 3 is 2.70 bits per heavy atom. The Morgan fingerprint density at radius 1 is 1.18 bits per heavy atom. The van der Waals surface area contributed by atoms with Crippen LogP contribution in [0.15, 0.2) is 47.0 Å². The van der Waals surface area contributed by atoms with Crippen LogP contribution in [-0.2, 0) is 17.6 Å². The van der Waals surface area contributed by atoms with E-state index in [1.165, 1.54) is 6.07 Å². The fraction of sp³-hybridized carbons (Fsp3) is 0.407. The third-order valence-electron chi connectivity index (χ3n) is 6.82. The minimum atomic E-state index is -0.744. The van der Waals surface area contributed by atoms with E-state index < -0.39 is 5.97 Å². The van der Waals surface area contributed by atoms with Crippen molar-refractivity contribution in [3.63, 3.8) is 0 Å². The number of benzene rings is 2. The summed E-state index contributed by atoms with van der Waals surface area (Å²) >= 11 is 0. The van der Waals surface area contributed by atoms with Crippen molar-refractivity contribution in [3.8, 4) is 17.1 Å². The summed E-state index contributed by atoms with van der Waals surface area (Å²) in [6.07, 6.45) is 5.96. The van der Waals surface area contributed by atoms with Gasteiger partial charge in [0.15, 0.2) is 5.76 Å². The summed E-state index contributed by atoms with van der Waals surface area (Å²) in [7, 11) is 1.56. The number of halogens is 1. The van der Waals surface area contributed by atoms with Crippen LogP contribution in [0.2, 0.25) is 0 Å². The second-order valence-electron chi connectivity index (χ2n) is 9.28. The highest BCUT2D eigenvalue weighted by Crippen LogP contribution is 2.47. The molecule has 0 aliphatic heterocycles. The molecule has 2 aromatic carbocycles. The number of hydrogen-bond acceptors (Lipinski definition) is 4. The molecular formula is C27H28FNO4. The summed E-state index contributed by atoms with van der Waals surface area (Å²) in [5, 5.41) is 13.7. The number of aryl methyl sites for hydroxylation is 2. The van der Waals surface area contributed by atoms with Crippen LogP contribution in [-0.4, -0.2) is 23.3 Å². The first kappa shape index (κ1) is 21.7. The van der Waals surface area contributed by atoms with Crippen LogP contribution in [0.25, 0.3) is 11.3 Å². The van der Waals surface area contributed by atoms with Gasteiger partial charge in [0, 0.05) is 5.56 Å². The second kappa shape index (κ2) is 9.00. The molecule has 1 aromatic heterocycles. The fourth-order valence-electron chi connectivity index (χ4n) is 4.79. The van der Waals surface area contributed by atoms with Crippen LogP contribution in [0.4, 0.5) is 4.39 Å². The molecule has 0 radical (unpaired) electrons. The highest BCUT2D eigenvalue weighted by atomic mass is 19.1. The monoisotopic (exact) mass is 449 g/mol. The number of aliphatic carboxylic acids is 1. The van der Waals surface area contributed by atoms with Crippen molar-refractivity contribution in [2.45, 2.75) is 56.8 Å². The Bertz CT molecular complexity index is 1160. The van der Waals surface area contributed by atoms with Crippen LogP contribution >= 0.6 is 0 Å². The zero-order valence-corrected chi connectivity index (χ0v) is 18.7. The molecule has 2 fully saturated rings. The number of carbonyl (C=O) groups is 1. The van der Waals surface area contributed by atoms with Gasteiger partial charge in [-0.1, -0.05) is 29.4 Å². The first-order valence-electron chi connectivity index (χ1n) is 11.7. The van der Waals surface area contributed by atoms with Crippen molar-refractivity contribution < 1.29 is 23.6 Å². The van der Waals surface area contributed by atoms with Crippen LogP contribution in [0, 0.1) is 11.7 Å².